The second-order valence-electron chi connectivity index (χ2n) is 3.47. The SMILES string of the molecule is CCn1c(-c2nn(C)c(C)c2Br)n[nH]c1=S. The Balaban J connectivity index is 2.67. The van der Waals surface area contributed by atoms with Crippen LogP contribution in [0.4, 0.5) is 0 Å². The topological polar surface area (TPSA) is 51.4 Å². The van der Waals surface area contributed by atoms with Crippen molar-refractivity contribution in [1.82, 2.24) is 24.5 Å². The van der Waals surface area contributed by atoms with E-state index < -0.39 is 0 Å². The molecule has 0 spiro atoms. The zero-order chi connectivity index (χ0) is 11.9. The summed E-state index contributed by atoms with van der Waals surface area (Å²) < 4.78 is 5.31. The Kier molecular flexibility index (Phi) is 2.98. The molecule has 0 aromatic carbocycles. The standard InChI is InChI=1S/C9H12BrN5S/c1-4-15-8(11-12-9(15)16)7-6(10)5(2)14(3)13-7/h4H2,1-3H3,(H,12,16). The fourth-order valence-corrected chi connectivity index (χ4v) is 2.29. The fourth-order valence-electron chi connectivity index (χ4n) is 1.52. The highest BCUT2D eigenvalue weighted by Crippen LogP contribution is 2.28. The Morgan fingerprint density at radius 2 is 2.19 bits per heavy atom. The van der Waals surface area contributed by atoms with Crippen LogP contribution in [0.15, 0.2) is 4.47 Å². The van der Waals surface area contributed by atoms with Crippen molar-refractivity contribution >= 4 is 28.1 Å². The van der Waals surface area contributed by atoms with Crippen LogP contribution in [0.3, 0.4) is 0 Å². The molecule has 0 radical (unpaired) electrons. The minimum absolute atomic E-state index is 0.618. The van der Waals surface area contributed by atoms with Crippen LogP contribution in [-0.2, 0) is 13.6 Å². The lowest BCUT2D eigenvalue weighted by atomic mass is 10.3. The fraction of sp³-hybridized carbons (Fsp3) is 0.444. The van der Waals surface area contributed by atoms with Gasteiger partial charge in [0.25, 0.3) is 0 Å². The number of nitrogens with zero attached hydrogens (tertiary/aromatic N) is 4. The van der Waals surface area contributed by atoms with Gasteiger partial charge in [-0.05, 0) is 42.0 Å². The molecule has 0 saturated heterocycles. The molecule has 2 aromatic heterocycles. The third kappa shape index (κ3) is 1.63. The van der Waals surface area contributed by atoms with Crippen molar-refractivity contribution < 1.29 is 0 Å². The molecule has 2 aromatic rings. The first-order chi connectivity index (χ1) is 7.56. The summed E-state index contributed by atoms with van der Waals surface area (Å²) >= 11 is 8.68. The molecule has 16 heavy (non-hydrogen) atoms. The molecule has 1 N–H and O–H groups in total. The van der Waals surface area contributed by atoms with Gasteiger partial charge in [0.05, 0.1) is 4.47 Å². The van der Waals surface area contributed by atoms with Crippen LogP contribution < -0.4 is 0 Å². The van der Waals surface area contributed by atoms with E-state index in [1.807, 2.05) is 30.1 Å². The summed E-state index contributed by atoms with van der Waals surface area (Å²) in [7, 11) is 1.90. The van der Waals surface area contributed by atoms with Crippen molar-refractivity contribution in [3.05, 3.63) is 14.9 Å². The molecule has 0 aliphatic heterocycles. The highest BCUT2D eigenvalue weighted by molar-refractivity contribution is 9.10. The summed E-state index contributed by atoms with van der Waals surface area (Å²) in [5.41, 5.74) is 1.88. The minimum Gasteiger partial charge on any atom is -0.299 e. The molecule has 2 heterocycles. The largest absolute Gasteiger partial charge is 0.299 e. The van der Waals surface area contributed by atoms with Gasteiger partial charge >= 0.3 is 0 Å². The van der Waals surface area contributed by atoms with Crippen LogP contribution in [0.1, 0.15) is 12.6 Å². The van der Waals surface area contributed by atoms with Crippen LogP contribution in [0.2, 0.25) is 0 Å². The predicted octanol–water partition coefficient (Wildman–Crippen LogP) is 2.43. The van der Waals surface area contributed by atoms with Crippen LogP contribution in [0.25, 0.3) is 11.5 Å². The third-order valence-corrected chi connectivity index (χ3v) is 3.81. The van der Waals surface area contributed by atoms with E-state index in [0.29, 0.717) is 4.77 Å². The maximum atomic E-state index is 5.15. The Hall–Kier alpha value is -0.950. The molecule has 0 bridgehead atoms. The molecular formula is C9H12BrN5S. The maximum Gasteiger partial charge on any atom is 0.195 e. The van der Waals surface area contributed by atoms with Crippen molar-refractivity contribution in [2.45, 2.75) is 20.4 Å². The van der Waals surface area contributed by atoms with Crippen molar-refractivity contribution in [1.29, 1.82) is 0 Å². The van der Waals surface area contributed by atoms with Crippen molar-refractivity contribution in [2.75, 3.05) is 0 Å². The lowest BCUT2D eigenvalue weighted by molar-refractivity contribution is 0.726. The first-order valence-corrected chi connectivity index (χ1v) is 6.11. The van der Waals surface area contributed by atoms with E-state index in [9.17, 15) is 0 Å². The first-order valence-electron chi connectivity index (χ1n) is 4.91. The molecule has 0 saturated carbocycles. The summed E-state index contributed by atoms with van der Waals surface area (Å²) in [6.07, 6.45) is 0. The number of aryl methyl sites for hydroxylation is 1. The van der Waals surface area contributed by atoms with E-state index in [-0.39, 0.29) is 0 Å². The third-order valence-electron chi connectivity index (χ3n) is 2.55. The van der Waals surface area contributed by atoms with Gasteiger partial charge in [-0.3, -0.25) is 14.3 Å². The molecular weight excluding hydrogens is 290 g/mol. The van der Waals surface area contributed by atoms with Crippen LogP contribution in [0, 0.1) is 11.7 Å². The second-order valence-corrected chi connectivity index (χ2v) is 4.65. The van der Waals surface area contributed by atoms with Gasteiger partial charge in [-0.1, -0.05) is 0 Å². The van der Waals surface area contributed by atoms with E-state index in [4.69, 9.17) is 12.2 Å². The van der Waals surface area contributed by atoms with Crippen LogP contribution in [0.5, 0.6) is 0 Å². The predicted molar refractivity (Wildman–Crippen MR) is 67.7 cm³/mol. The molecule has 86 valence electrons. The van der Waals surface area contributed by atoms with Gasteiger partial charge in [0.2, 0.25) is 0 Å². The van der Waals surface area contributed by atoms with Crippen molar-refractivity contribution in [2.24, 2.45) is 7.05 Å². The quantitative estimate of drug-likeness (QED) is 0.867. The summed E-state index contributed by atoms with van der Waals surface area (Å²) in [6.45, 7) is 4.80. The van der Waals surface area contributed by atoms with Gasteiger partial charge < -0.3 is 0 Å². The van der Waals surface area contributed by atoms with Crippen molar-refractivity contribution in [3.63, 3.8) is 0 Å². The number of H-pyrrole nitrogens is 1. The average Bonchev–Trinajstić information content (AvgIpc) is 2.74. The molecule has 7 heteroatoms. The Morgan fingerprint density at radius 1 is 1.50 bits per heavy atom. The number of halogens is 1. The molecule has 0 amide bonds. The zero-order valence-electron chi connectivity index (χ0n) is 9.28. The summed E-state index contributed by atoms with van der Waals surface area (Å²) in [5.74, 6) is 0.767. The van der Waals surface area contributed by atoms with Gasteiger partial charge in [-0.25, -0.2) is 0 Å². The summed E-state index contributed by atoms with van der Waals surface area (Å²) in [4.78, 5) is 0. The Labute approximate surface area is 107 Å². The first kappa shape index (κ1) is 11.5. The second kappa shape index (κ2) is 4.14. The average molecular weight is 302 g/mol. The Morgan fingerprint density at radius 3 is 2.69 bits per heavy atom. The number of hydrogen-bond acceptors (Lipinski definition) is 3. The number of hydrogen-bond donors (Lipinski definition) is 1. The summed E-state index contributed by atoms with van der Waals surface area (Å²) in [6, 6.07) is 0. The highest BCUT2D eigenvalue weighted by atomic mass is 79.9. The van der Waals surface area contributed by atoms with Gasteiger partial charge in [0.15, 0.2) is 10.6 Å². The monoisotopic (exact) mass is 301 g/mol. The van der Waals surface area contributed by atoms with Crippen LogP contribution in [-0.4, -0.2) is 24.5 Å². The zero-order valence-corrected chi connectivity index (χ0v) is 11.7. The lowest BCUT2D eigenvalue weighted by Crippen LogP contribution is -1.99. The van der Waals surface area contributed by atoms with E-state index in [2.05, 4.69) is 31.2 Å². The normalized spacial score (nSPS) is 11.0. The molecule has 0 fully saturated rings. The van der Waals surface area contributed by atoms with Gasteiger partial charge in [-0.15, -0.1) is 0 Å². The maximum absolute atomic E-state index is 5.15. The molecule has 0 atom stereocenters. The highest BCUT2D eigenvalue weighted by Gasteiger charge is 2.17. The van der Waals surface area contributed by atoms with Crippen LogP contribution >= 0.6 is 28.1 Å². The molecule has 0 aliphatic rings. The smallest absolute Gasteiger partial charge is 0.195 e. The Bertz CT molecular complexity index is 579. The van der Waals surface area contributed by atoms with E-state index in [1.54, 1.807) is 0 Å². The van der Waals surface area contributed by atoms with E-state index in [0.717, 1.165) is 28.2 Å². The van der Waals surface area contributed by atoms with Gasteiger partial charge in [0.1, 0.15) is 5.69 Å². The minimum atomic E-state index is 0.618. The van der Waals surface area contributed by atoms with Gasteiger partial charge in [-0.2, -0.15) is 10.2 Å². The number of rotatable bonds is 2. The molecule has 0 unspecified atom stereocenters. The number of nitrogens with one attached hydrogen (secondary N) is 1. The van der Waals surface area contributed by atoms with Gasteiger partial charge in [0, 0.05) is 19.3 Å². The molecule has 2 rings (SSSR count). The molecule has 0 aliphatic carbocycles. The number of aromatic amines is 1. The van der Waals surface area contributed by atoms with E-state index in [1.165, 1.54) is 0 Å². The molecule has 5 nitrogen and oxygen atoms in total. The van der Waals surface area contributed by atoms with E-state index >= 15 is 0 Å². The number of aromatic nitrogens is 5. The lowest BCUT2D eigenvalue weighted by Gasteiger charge is -2.00. The van der Waals surface area contributed by atoms with Crippen molar-refractivity contribution in [3.8, 4) is 11.5 Å². The summed E-state index contributed by atoms with van der Waals surface area (Å²) in [5, 5.41) is 11.4.